The van der Waals surface area contributed by atoms with E-state index in [9.17, 15) is 10.2 Å². The first kappa shape index (κ1) is 13.2. The standard InChI is InChI=1S/C13H16ClN5O2/c1-15-10-9-11(18-12(14)17-10)19(5-16-9)7-2-8(21)13(4-20)3-6(7)13/h5-8,20-21H,2-4H2,1H3,(H,15,17,18)/t6?,7-,8-,13-/m0/s1. The van der Waals surface area contributed by atoms with Crippen molar-refractivity contribution >= 4 is 28.6 Å². The summed E-state index contributed by atoms with van der Waals surface area (Å²) < 4.78 is 1.96. The summed E-state index contributed by atoms with van der Waals surface area (Å²) in [4.78, 5) is 12.8. The van der Waals surface area contributed by atoms with Crippen LogP contribution in [0.3, 0.4) is 0 Å². The van der Waals surface area contributed by atoms with E-state index in [0.717, 1.165) is 6.42 Å². The fraction of sp³-hybridized carbons (Fsp3) is 0.615. The zero-order chi connectivity index (χ0) is 14.8. The summed E-state index contributed by atoms with van der Waals surface area (Å²) in [5.41, 5.74) is 1.000. The molecular weight excluding hydrogens is 294 g/mol. The van der Waals surface area contributed by atoms with E-state index in [2.05, 4.69) is 20.3 Å². The Kier molecular flexibility index (Phi) is 2.70. The predicted molar refractivity (Wildman–Crippen MR) is 77.2 cm³/mol. The van der Waals surface area contributed by atoms with Gasteiger partial charge >= 0.3 is 0 Å². The summed E-state index contributed by atoms with van der Waals surface area (Å²) in [7, 11) is 1.76. The number of imidazole rings is 1. The lowest BCUT2D eigenvalue weighted by Crippen LogP contribution is -2.22. The Hall–Kier alpha value is -1.44. The fourth-order valence-corrected chi connectivity index (χ4v) is 3.95. The normalized spacial score (nSPS) is 34.2. The molecule has 2 aliphatic rings. The molecule has 112 valence electrons. The molecule has 1 unspecified atom stereocenters. The molecule has 2 saturated carbocycles. The van der Waals surface area contributed by atoms with Crippen LogP contribution in [0.2, 0.25) is 5.28 Å². The molecule has 21 heavy (non-hydrogen) atoms. The maximum atomic E-state index is 10.2. The Morgan fingerprint density at radius 3 is 2.95 bits per heavy atom. The highest BCUT2D eigenvalue weighted by molar-refractivity contribution is 6.28. The van der Waals surface area contributed by atoms with Crippen molar-refractivity contribution < 1.29 is 10.2 Å². The highest BCUT2D eigenvalue weighted by Crippen LogP contribution is 2.67. The Morgan fingerprint density at radius 1 is 1.52 bits per heavy atom. The number of aliphatic hydroxyl groups is 2. The zero-order valence-corrected chi connectivity index (χ0v) is 12.2. The number of rotatable bonds is 3. The Bertz CT molecular complexity index is 720. The molecule has 3 N–H and O–H groups in total. The van der Waals surface area contributed by atoms with Crippen LogP contribution in [0.25, 0.3) is 11.2 Å². The molecule has 2 aromatic heterocycles. The van der Waals surface area contributed by atoms with E-state index in [1.54, 1.807) is 13.4 Å². The van der Waals surface area contributed by atoms with Crippen LogP contribution >= 0.6 is 11.6 Å². The molecule has 0 saturated heterocycles. The van der Waals surface area contributed by atoms with E-state index < -0.39 is 6.10 Å². The predicted octanol–water partition coefficient (Wildman–Crippen LogP) is 0.826. The van der Waals surface area contributed by atoms with Crippen LogP contribution in [-0.4, -0.2) is 49.5 Å². The summed E-state index contributed by atoms with van der Waals surface area (Å²) in [6, 6.07) is 0.0906. The van der Waals surface area contributed by atoms with Gasteiger partial charge in [-0.3, -0.25) is 0 Å². The lowest BCUT2D eigenvalue weighted by Gasteiger charge is -2.16. The minimum absolute atomic E-state index is 0.0273. The molecule has 2 fully saturated rings. The summed E-state index contributed by atoms with van der Waals surface area (Å²) in [5.74, 6) is 0.855. The van der Waals surface area contributed by atoms with Crippen LogP contribution in [0.5, 0.6) is 0 Å². The van der Waals surface area contributed by atoms with E-state index in [1.807, 2.05) is 4.57 Å². The van der Waals surface area contributed by atoms with Crippen molar-refractivity contribution in [1.29, 1.82) is 0 Å². The van der Waals surface area contributed by atoms with Gasteiger partial charge in [0, 0.05) is 18.5 Å². The fourth-order valence-electron chi connectivity index (χ4n) is 3.78. The van der Waals surface area contributed by atoms with Gasteiger partial charge in [-0.05, 0) is 30.4 Å². The third kappa shape index (κ3) is 1.65. The van der Waals surface area contributed by atoms with Crippen molar-refractivity contribution in [2.24, 2.45) is 11.3 Å². The molecule has 0 bridgehead atoms. The molecule has 2 aromatic rings. The first-order valence-corrected chi connectivity index (χ1v) is 7.35. The number of hydrogen-bond acceptors (Lipinski definition) is 6. The molecule has 0 aromatic carbocycles. The second-order valence-corrected chi connectivity index (χ2v) is 6.27. The summed E-state index contributed by atoms with van der Waals surface area (Å²) in [6.07, 6.45) is 2.69. The molecular formula is C13H16ClN5O2. The number of anilines is 1. The first-order valence-electron chi connectivity index (χ1n) is 6.97. The van der Waals surface area contributed by atoms with Gasteiger partial charge in [-0.1, -0.05) is 0 Å². The van der Waals surface area contributed by atoms with Crippen molar-refractivity contribution in [2.75, 3.05) is 19.0 Å². The second-order valence-electron chi connectivity index (χ2n) is 5.94. The van der Waals surface area contributed by atoms with Gasteiger partial charge in [-0.25, -0.2) is 4.98 Å². The van der Waals surface area contributed by atoms with E-state index in [0.29, 0.717) is 23.4 Å². The molecule has 0 spiro atoms. The molecule has 2 heterocycles. The minimum Gasteiger partial charge on any atom is -0.396 e. The van der Waals surface area contributed by atoms with E-state index in [-0.39, 0.29) is 29.3 Å². The van der Waals surface area contributed by atoms with Crippen molar-refractivity contribution in [1.82, 2.24) is 19.5 Å². The van der Waals surface area contributed by atoms with Crippen molar-refractivity contribution in [2.45, 2.75) is 25.0 Å². The third-order valence-corrected chi connectivity index (χ3v) is 5.22. The van der Waals surface area contributed by atoms with E-state index in [1.165, 1.54) is 0 Å². The van der Waals surface area contributed by atoms with E-state index >= 15 is 0 Å². The van der Waals surface area contributed by atoms with Crippen molar-refractivity contribution in [3.63, 3.8) is 0 Å². The lowest BCUT2D eigenvalue weighted by molar-refractivity contribution is 0.0600. The Morgan fingerprint density at radius 2 is 2.33 bits per heavy atom. The molecule has 8 heteroatoms. The monoisotopic (exact) mass is 309 g/mol. The first-order chi connectivity index (χ1) is 10.1. The summed E-state index contributed by atoms with van der Waals surface area (Å²) in [6.45, 7) is 0.0273. The van der Waals surface area contributed by atoms with Gasteiger partial charge in [-0.2, -0.15) is 9.97 Å². The number of nitrogens with zero attached hydrogens (tertiary/aromatic N) is 4. The molecule has 0 amide bonds. The SMILES string of the molecule is CNc1nc(Cl)nc2c1ncn2[C@H]1C[C@H](O)[C@]2(CO)CC12. The van der Waals surface area contributed by atoms with Crippen LogP contribution in [-0.2, 0) is 0 Å². The van der Waals surface area contributed by atoms with Gasteiger partial charge in [0.1, 0.15) is 0 Å². The molecule has 0 aliphatic heterocycles. The number of nitrogens with one attached hydrogen (secondary N) is 1. The second kappa shape index (κ2) is 4.28. The molecule has 0 radical (unpaired) electrons. The summed E-state index contributed by atoms with van der Waals surface area (Å²) in [5, 5.41) is 22.9. The average Bonchev–Trinajstić information content (AvgIpc) is 2.98. The van der Waals surface area contributed by atoms with Gasteiger partial charge in [0.05, 0.1) is 19.0 Å². The maximum Gasteiger partial charge on any atom is 0.226 e. The van der Waals surface area contributed by atoms with Crippen LogP contribution < -0.4 is 5.32 Å². The topological polar surface area (TPSA) is 96.1 Å². The molecule has 7 nitrogen and oxygen atoms in total. The van der Waals surface area contributed by atoms with Crippen molar-refractivity contribution in [3.8, 4) is 0 Å². The van der Waals surface area contributed by atoms with Crippen LogP contribution in [0.1, 0.15) is 18.9 Å². The largest absolute Gasteiger partial charge is 0.396 e. The number of aromatic nitrogens is 4. The van der Waals surface area contributed by atoms with Gasteiger partial charge in [0.15, 0.2) is 17.0 Å². The van der Waals surface area contributed by atoms with Gasteiger partial charge < -0.3 is 20.1 Å². The van der Waals surface area contributed by atoms with Crippen LogP contribution in [0, 0.1) is 11.3 Å². The zero-order valence-electron chi connectivity index (χ0n) is 11.5. The smallest absolute Gasteiger partial charge is 0.226 e. The molecule has 4 atom stereocenters. The minimum atomic E-state index is -0.476. The Balaban J connectivity index is 1.81. The highest BCUT2D eigenvalue weighted by Gasteiger charge is 2.67. The van der Waals surface area contributed by atoms with Crippen LogP contribution in [0.4, 0.5) is 5.82 Å². The number of hydrogen-bond donors (Lipinski definition) is 3. The van der Waals surface area contributed by atoms with Gasteiger partial charge in [0.2, 0.25) is 5.28 Å². The highest BCUT2D eigenvalue weighted by atomic mass is 35.5. The number of fused-ring (bicyclic) bond motifs is 2. The average molecular weight is 310 g/mol. The summed E-state index contributed by atoms with van der Waals surface area (Å²) >= 11 is 5.98. The third-order valence-electron chi connectivity index (χ3n) is 5.05. The molecule has 4 rings (SSSR count). The lowest BCUT2D eigenvalue weighted by atomic mass is 10.0. The van der Waals surface area contributed by atoms with Crippen LogP contribution in [0.15, 0.2) is 6.33 Å². The number of halogens is 1. The van der Waals surface area contributed by atoms with Crippen molar-refractivity contribution in [3.05, 3.63) is 11.6 Å². The van der Waals surface area contributed by atoms with Gasteiger partial charge in [-0.15, -0.1) is 0 Å². The maximum absolute atomic E-state index is 10.2. The van der Waals surface area contributed by atoms with E-state index in [4.69, 9.17) is 11.6 Å². The van der Waals surface area contributed by atoms with Gasteiger partial charge in [0.25, 0.3) is 0 Å². The Labute approximate surface area is 126 Å². The molecule has 2 aliphatic carbocycles. The quantitative estimate of drug-likeness (QED) is 0.727. The number of aliphatic hydroxyl groups excluding tert-OH is 2.